The predicted octanol–water partition coefficient (Wildman–Crippen LogP) is 3.75. The van der Waals surface area contributed by atoms with E-state index in [0.29, 0.717) is 5.92 Å². The molecule has 2 unspecified atom stereocenters. The average Bonchev–Trinajstić information content (AvgIpc) is 2.91. The van der Waals surface area contributed by atoms with Crippen LogP contribution in [0, 0.1) is 0 Å². The van der Waals surface area contributed by atoms with Gasteiger partial charge in [-0.3, -0.25) is 0 Å². The van der Waals surface area contributed by atoms with Crippen molar-refractivity contribution < 1.29 is 0 Å². The van der Waals surface area contributed by atoms with Crippen molar-refractivity contribution in [3.63, 3.8) is 0 Å². The lowest BCUT2D eigenvalue weighted by Gasteiger charge is -2.12. The maximum Gasteiger partial charge on any atom is 0.139 e. The highest BCUT2D eigenvalue weighted by Crippen LogP contribution is 2.29. The summed E-state index contributed by atoms with van der Waals surface area (Å²) in [6.07, 6.45) is 2.36. The number of rotatable bonds is 6. The molecule has 19 heavy (non-hydrogen) atoms. The third-order valence-corrected chi connectivity index (χ3v) is 4.49. The number of nitrogens with zero attached hydrogens (tertiary/aromatic N) is 2. The van der Waals surface area contributed by atoms with Crippen LogP contribution in [0.2, 0.25) is 0 Å². The van der Waals surface area contributed by atoms with E-state index in [9.17, 15) is 0 Å². The molecule has 2 atom stereocenters. The molecule has 0 saturated heterocycles. The summed E-state index contributed by atoms with van der Waals surface area (Å²) < 4.78 is 0. The largest absolute Gasteiger partial charge is 0.307 e. The van der Waals surface area contributed by atoms with Gasteiger partial charge < -0.3 is 5.32 Å². The monoisotopic (exact) mass is 275 g/mol. The summed E-state index contributed by atoms with van der Waals surface area (Å²) in [7, 11) is 1.97. The lowest BCUT2D eigenvalue weighted by Crippen LogP contribution is -2.17. The molecule has 0 aliphatic rings. The first-order valence-corrected chi connectivity index (χ1v) is 7.63. The standard InChI is InChI=1S/C15H21N3S/c1-4-8-11(2)14-17-18-15(19-14)13(16-3)12-9-6-5-7-10-12/h5-7,9-11,13,16H,4,8H2,1-3H3. The molecule has 0 saturated carbocycles. The Morgan fingerprint density at radius 1 is 1.16 bits per heavy atom. The molecule has 0 amide bonds. The minimum Gasteiger partial charge on any atom is -0.307 e. The predicted molar refractivity (Wildman–Crippen MR) is 80.6 cm³/mol. The molecule has 2 rings (SSSR count). The van der Waals surface area contributed by atoms with E-state index in [-0.39, 0.29) is 6.04 Å². The number of benzene rings is 1. The number of hydrogen-bond donors (Lipinski definition) is 1. The smallest absolute Gasteiger partial charge is 0.139 e. The number of hydrogen-bond acceptors (Lipinski definition) is 4. The van der Waals surface area contributed by atoms with Gasteiger partial charge in [0.2, 0.25) is 0 Å². The van der Waals surface area contributed by atoms with Crippen LogP contribution in [0.25, 0.3) is 0 Å². The fraction of sp³-hybridized carbons (Fsp3) is 0.467. The second-order valence-electron chi connectivity index (χ2n) is 4.80. The maximum atomic E-state index is 4.37. The molecule has 4 heteroatoms. The lowest BCUT2D eigenvalue weighted by atomic mass is 10.1. The van der Waals surface area contributed by atoms with Crippen LogP contribution < -0.4 is 5.32 Å². The Morgan fingerprint density at radius 2 is 1.84 bits per heavy atom. The summed E-state index contributed by atoms with van der Waals surface area (Å²) in [6, 6.07) is 10.5. The van der Waals surface area contributed by atoms with Crippen molar-refractivity contribution in [2.45, 2.75) is 38.6 Å². The molecule has 102 valence electrons. The molecule has 0 radical (unpaired) electrons. The molecule has 0 aliphatic heterocycles. The molecule has 0 aliphatic carbocycles. The van der Waals surface area contributed by atoms with Crippen molar-refractivity contribution in [2.75, 3.05) is 7.05 Å². The first-order valence-electron chi connectivity index (χ1n) is 6.81. The van der Waals surface area contributed by atoms with Gasteiger partial charge in [0.25, 0.3) is 0 Å². The van der Waals surface area contributed by atoms with Crippen molar-refractivity contribution in [1.29, 1.82) is 0 Å². The number of nitrogens with one attached hydrogen (secondary N) is 1. The Labute approximate surface area is 119 Å². The summed E-state index contributed by atoms with van der Waals surface area (Å²) in [5, 5.41) is 14.3. The van der Waals surface area contributed by atoms with E-state index in [1.165, 1.54) is 18.4 Å². The fourth-order valence-electron chi connectivity index (χ4n) is 2.20. The average molecular weight is 275 g/mol. The van der Waals surface area contributed by atoms with Gasteiger partial charge in [0.15, 0.2) is 0 Å². The van der Waals surface area contributed by atoms with Crippen LogP contribution in [0.3, 0.4) is 0 Å². The van der Waals surface area contributed by atoms with E-state index in [2.05, 4.69) is 53.6 Å². The fourth-order valence-corrected chi connectivity index (χ4v) is 3.27. The van der Waals surface area contributed by atoms with Gasteiger partial charge in [-0.1, -0.05) is 61.9 Å². The minimum absolute atomic E-state index is 0.140. The van der Waals surface area contributed by atoms with Crippen LogP contribution in [-0.4, -0.2) is 17.2 Å². The van der Waals surface area contributed by atoms with E-state index in [1.54, 1.807) is 11.3 Å². The Morgan fingerprint density at radius 3 is 2.47 bits per heavy atom. The van der Waals surface area contributed by atoms with Crippen molar-refractivity contribution in [2.24, 2.45) is 0 Å². The summed E-state index contributed by atoms with van der Waals surface area (Å²) in [5.74, 6) is 0.504. The van der Waals surface area contributed by atoms with E-state index in [0.717, 1.165) is 10.0 Å². The zero-order valence-corrected chi connectivity index (χ0v) is 12.6. The van der Waals surface area contributed by atoms with Crippen molar-refractivity contribution in [3.8, 4) is 0 Å². The molecule has 0 fully saturated rings. The van der Waals surface area contributed by atoms with Crippen molar-refractivity contribution in [1.82, 2.24) is 15.5 Å². The van der Waals surface area contributed by atoms with Gasteiger partial charge in [0.05, 0.1) is 6.04 Å². The third-order valence-electron chi connectivity index (χ3n) is 3.27. The van der Waals surface area contributed by atoms with Crippen LogP contribution in [-0.2, 0) is 0 Å². The minimum atomic E-state index is 0.140. The zero-order valence-electron chi connectivity index (χ0n) is 11.8. The van der Waals surface area contributed by atoms with Gasteiger partial charge in [-0.15, -0.1) is 10.2 Å². The Balaban J connectivity index is 2.21. The van der Waals surface area contributed by atoms with Crippen LogP contribution in [0.1, 0.15) is 54.2 Å². The van der Waals surface area contributed by atoms with Gasteiger partial charge in [-0.25, -0.2) is 0 Å². The SMILES string of the molecule is CCCC(C)c1nnc(C(NC)c2ccccc2)s1. The molecule has 2 aromatic rings. The van der Waals surface area contributed by atoms with Gasteiger partial charge >= 0.3 is 0 Å². The topological polar surface area (TPSA) is 37.8 Å². The van der Waals surface area contributed by atoms with Crippen LogP contribution in [0.4, 0.5) is 0 Å². The Bertz CT molecular complexity index is 495. The van der Waals surface area contributed by atoms with E-state index in [4.69, 9.17) is 0 Å². The normalized spacial score (nSPS) is 14.3. The van der Waals surface area contributed by atoms with Crippen molar-refractivity contribution >= 4 is 11.3 Å². The molecule has 1 N–H and O–H groups in total. The highest BCUT2D eigenvalue weighted by atomic mass is 32.1. The third kappa shape index (κ3) is 3.39. The molecular formula is C15H21N3S. The number of aromatic nitrogens is 2. The van der Waals surface area contributed by atoms with Crippen molar-refractivity contribution in [3.05, 3.63) is 45.9 Å². The summed E-state index contributed by atoms with van der Waals surface area (Å²) in [4.78, 5) is 0. The van der Waals surface area contributed by atoms with Gasteiger partial charge in [-0.05, 0) is 19.0 Å². The van der Waals surface area contributed by atoms with E-state index < -0.39 is 0 Å². The second kappa shape index (κ2) is 6.78. The molecule has 1 aromatic heterocycles. The summed E-state index contributed by atoms with van der Waals surface area (Å²) in [5.41, 5.74) is 1.23. The Kier molecular flexibility index (Phi) is 5.05. The molecular weight excluding hydrogens is 254 g/mol. The zero-order chi connectivity index (χ0) is 13.7. The van der Waals surface area contributed by atoms with E-state index >= 15 is 0 Å². The molecule has 3 nitrogen and oxygen atoms in total. The highest BCUT2D eigenvalue weighted by Gasteiger charge is 2.18. The molecule has 0 spiro atoms. The highest BCUT2D eigenvalue weighted by molar-refractivity contribution is 7.11. The first kappa shape index (κ1) is 14.2. The van der Waals surface area contributed by atoms with Crippen LogP contribution in [0.5, 0.6) is 0 Å². The van der Waals surface area contributed by atoms with E-state index in [1.807, 2.05) is 13.1 Å². The lowest BCUT2D eigenvalue weighted by molar-refractivity contribution is 0.647. The second-order valence-corrected chi connectivity index (χ2v) is 5.84. The van der Waals surface area contributed by atoms with Gasteiger partial charge in [0, 0.05) is 5.92 Å². The molecule has 0 bridgehead atoms. The molecule has 1 aromatic carbocycles. The Hall–Kier alpha value is -1.26. The quantitative estimate of drug-likeness (QED) is 0.872. The van der Waals surface area contributed by atoms with Gasteiger partial charge in [0.1, 0.15) is 10.0 Å². The van der Waals surface area contributed by atoms with Gasteiger partial charge in [-0.2, -0.15) is 0 Å². The summed E-state index contributed by atoms with van der Waals surface area (Å²) in [6.45, 7) is 4.43. The van der Waals surface area contributed by atoms with Crippen LogP contribution in [0.15, 0.2) is 30.3 Å². The van der Waals surface area contributed by atoms with Crippen LogP contribution >= 0.6 is 11.3 Å². The maximum absolute atomic E-state index is 4.37. The first-order chi connectivity index (χ1) is 9.26. The molecule has 1 heterocycles. The summed E-state index contributed by atoms with van der Waals surface area (Å²) >= 11 is 1.72.